The highest BCUT2D eigenvalue weighted by atomic mass is 16.6. The Bertz CT molecular complexity index is 893. The zero-order valence-corrected chi connectivity index (χ0v) is 18.4. The Morgan fingerprint density at radius 3 is 2.44 bits per heavy atom. The van der Waals surface area contributed by atoms with Gasteiger partial charge in [0.05, 0.1) is 12.4 Å². The first kappa shape index (κ1) is 24.6. The van der Waals surface area contributed by atoms with Crippen molar-refractivity contribution in [2.45, 2.75) is 51.3 Å². The predicted octanol–water partition coefficient (Wildman–Crippen LogP) is 0.888. The van der Waals surface area contributed by atoms with E-state index in [9.17, 15) is 19.2 Å². The van der Waals surface area contributed by atoms with Crippen LogP contribution in [-0.4, -0.2) is 58.4 Å². The van der Waals surface area contributed by atoms with Crippen LogP contribution in [0.3, 0.4) is 0 Å². The maximum atomic E-state index is 12.9. The van der Waals surface area contributed by atoms with E-state index >= 15 is 0 Å². The topological polar surface area (TPSA) is 142 Å². The second-order valence-electron chi connectivity index (χ2n) is 8.20. The number of hydrogen-bond acceptors (Lipinski definition) is 6. The summed E-state index contributed by atoms with van der Waals surface area (Å²) in [6.07, 6.45) is 3.38. The highest BCUT2D eigenvalue weighted by Crippen LogP contribution is 2.07. The Hall–Kier alpha value is -3.69. The second kappa shape index (κ2) is 11.6. The van der Waals surface area contributed by atoms with Crippen molar-refractivity contribution in [1.82, 2.24) is 25.9 Å². The average molecular weight is 444 g/mol. The van der Waals surface area contributed by atoms with Gasteiger partial charge in [0.1, 0.15) is 24.5 Å². The number of aromatic amines is 1. The van der Waals surface area contributed by atoms with Gasteiger partial charge in [0.15, 0.2) is 0 Å². The van der Waals surface area contributed by atoms with Gasteiger partial charge in [0.2, 0.25) is 11.8 Å². The van der Waals surface area contributed by atoms with Crippen LogP contribution in [0.1, 0.15) is 32.0 Å². The van der Waals surface area contributed by atoms with Gasteiger partial charge >= 0.3 is 6.09 Å². The fourth-order valence-corrected chi connectivity index (χ4v) is 2.82. The molecule has 3 amide bonds. The number of benzene rings is 1. The van der Waals surface area contributed by atoms with Crippen molar-refractivity contribution >= 4 is 24.2 Å². The van der Waals surface area contributed by atoms with Crippen LogP contribution in [0, 0.1) is 0 Å². The highest BCUT2D eigenvalue weighted by Gasteiger charge is 2.24. The van der Waals surface area contributed by atoms with Crippen molar-refractivity contribution in [2.75, 3.05) is 6.54 Å². The normalized spacial score (nSPS) is 12.8. The first-order valence-corrected chi connectivity index (χ1v) is 10.2. The summed E-state index contributed by atoms with van der Waals surface area (Å²) in [5, 5.41) is 7.62. The molecule has 32 heavy (non-hydrogen) atoms. The third-order valence-corrected chi connectivity index (χ3v) is 4.21. The Kier molecular flexibility index (Phi) is 8.94. The average Bonchev–Trinajstić information content (AvgIpc) is 3.24. The number of carbonyl (C=O) groups excluding carboxylic acids is 4. The fraction of sp³-hybridized carbons (Fsp3) is 0.409. The van der Waals surface area contributed by atoms with Crippen LogP contribution in [-0.2, 0) is 32.0 Å². The first-order valence-electron chi connectivity index (χ1n) is 10.2. The van der Waals surface area contributed by atoms with Crippen molar-refractivity contribution < 1.29 is 23.9 Å². The van der Waals surface area contributed by atoms with Crippen LogP contribution >= 0.6 is 0 Å². The van der Waals surface area contributed by atoms with Gasteiger partial charge in [-0.2, -0.15) is 0 Å². The molecule has 1 aromatic heterocycles. The fourth-order valence-electron chi connectivity index (χ4n) is 2.82. The number of imidazole rings is 1. The van der Waals surface area contributed by atoms with Crippen molar-refractivity contribution in [3.63, 3.8) is 0 Å². The molecule has 10 heteroatoms. The summed E-state index contributed by atoms with van der Waals surface area (Å²) in [6, 6.07) is 7.40. The third-order valence-electron chi connectivity index (χ3n) is 4.21. The van der Waals surface area contributed by atoms with Crippen molar-refractivity contribution in [3.05, 3.63) is 54.1 Å². The van der Waals surface area contributed by atoms with E-state index < -0.39 is 35.6 Å². The number of rotatable bonds is 10. The van der Waals surface area contributed by atoms with Crippen molar-refractivity contribution in [2.24, 2.45) is 0 Å². The monoisotopic (exact) mass is 443 g/mol. The van der Waals surface area contributed by atoms with E-state index in [4.69, 9.17) is 4.74 Å². The maximum Gasteiger partial charge on any atom is 0.408 e. The van der Waals surface area contributed by atoms with Gasteiger partial charge in [-0.3, -0.25) is 9.59 Å². The largest absolute Gasteiger partial charge is 0.444 e. The number of hydrogen-bond donors (Lipinski definition) is 4. The number of aromatic nitrogens is 2. The lowest BCUT2D eigenvalue weighted by Gasteiger charge is -2.22. The van der Waals surface area contributed by atoms with Gasteiger partial charge in [0.25, 0.3) is 0 Å². The summed E-state index contributed by atoms with van der Waals surface area (Å²) in [4.78, 5) is 55.3. The van der Waals surface area contributed by atoms with E-state index in [2.05, 4.69) is 25.9 Å². The maximum absolute atomic E-state index is 12.9. The minimum atomic E-state index is -0.949. The van der Waals surface area contributed by atoms with E-state index in [1.807, 2.05) is 30.3 Å². The summed E-state index contributed by atoms with van der Waals surface area (Å²) < 4.78 is 5.10. The molecule has 2 rings (SSSR count). The number of amides is 3. The molecule has 2 atom stereocenters. The van der Waals surface area contributed by atoms with Crippen LogP contribution in [0.5, 0.6) is 0 Å². The number of aldehydes is 1. The Labute approximate surface area is 186 Å². The number of nitrogens with one attached hydrogen (secondary N) is 4. The van der Waals surface area contributed by atoms with Gasteiger partial charge in [-0.1, -0.05) is 30.3 Å². The molecule has 1 aromatic carbocycles. The molecule has 0 saturated carbocycles. The molecule has 0 aliphatic rings. The molecule has 0 radical (unpaired) electrons. The first-order chi connectivity index (χ1) is 15.2. The van der Waals surface area contributed by atoms with E-state index in [-0.39, 0.29) is 19.4 Å². The molecule has 2 aromatic rings. The molecular weight excluding hydrogens is 414 g/mol. The molecule has 0 unspecified atom stereocenters. The number of ether oxygens (including phenoxy) is 1. The number of alkyl carbamates (subject to hydrolysis) is 1. The van der Waals surface area contributed by atoms with E-state index in [1.165, 1.54) is 6.33 Å². The molecule has 0 fully saturated rings. The van der Waals surface area contributed by atoms with Gasteiger partial charge in [-0.15, -0.1) is 0 Å². The third kappa shape index (κ3) is 8.99. The van der Waals surface area contributed by atoms with E-state index in [0.29, 0.717) is 12.0 Å². The predicted molar refractivity (Wildman–Crippen MR) is 117 cm³/mol. The summed E-state index contributed by atoms with van der Waals surface area (Å²) >= 11 is 0. The van der Waals surface area contributed by atoms with Crippen LogP contribution in [0.4, 0.5) is 4.79 Å². The minimum absolute atomic E-state index is 0.209. The van der Waals surface area contributed by atoms with Crippen molar-refractivity contribution in [1.29, 1.82) is 0 Å². The quantitative estimate of drug-likeness (QED) is 0.402. The Balaban J connectivity index is 2.01. The van der Waals surface area contributed by atoms with Gasteiger partial charge < -0.3 is 30.5 Å². The SMILES string of the molecule is CC(C)(C)OC(=O)NCC(=O)N[C@@H](Cc1ccccc1)C(=O)N[C@H](C=O)Cc1cnc[nH]1. The Morgan fingerprint density at radius 1 is 1.12 bits per heavy atom. The summed E-state index contributed by atoms with van der Waals surface area (Å²) in [5.41, 5.74) is 0.811. The molecule has 0 spiro atoms. The smallest absolute Gasteiger partial charge is 0.408 e. The molecule has 1 heterocycles. The Morgan fingerprint density at radius 2 is 1.84 bits per heavy atom. The lowest BCUT2D eigenvalue weighted by molar-refractivity contribution is -0.129. The molecule has 0 aliphatic carbocycles. The van der Waals surface area contributed by atoms with Gasteiger partial charge in [0, 0.05) is 24.7 Å². The molecule has 0 saturated heterocycles. The van der Waals surface area contributed by atoms with E-state index in [0.717, 1.165) is 5.56 Å². The lowest BCUT2D eigenvalue weighted by Crippen LogP contribution is -2.53. The number of H-pyrrole nitrogens is 1. The van der Waals surface area contributed by atoms with Gasteiger partial charge in [-0.05, 0) is 26.3 Å². The molecule has 10 nitrogen and oxygen atoms in total. The van der Waals surface area contributed by atoms with Gasteiger partial charge in [-0.25, -0.2) is 9.78 Å². The molecule has 0 aliphatic heterocycles. The zero-order chi connectivity index (χ0) is 23.6. The summed E-state index contributed by atoms with van der Waals surface area (Å²) in [7, 11) is 0. The van der Waals surface area contributed by atoms with Crippen LogP contribution in [0.2, 0.25) is 0 Å². The summed E-state index contributed by atoms with van der Waals surface area (Å²) in [5.74, 6) is -1.08. The molecule has 4 N–H and O–H groups in total. The zero-order valence-electron chi connectivity index (χ0n) is 18.4. The highest BCUT2D eigenvalue weighted by molar-refractivity contribution is 5.90. The second-order valence-corrected chi connectivity index (χ2v) is 8.20. The lowest BCUT2D eigenvalue weighted by atomic mass is 10.0. The molecule has 0 bridgehead atoms. The number of nitrogens with zero attached hydrogens (tertiary/aromatic N) is 1. The minimum Gasteiger partial charge on any atom is -0.444 e. The van der Waals surface area contributed by atoms with Crippen LogP contribution in [0.15, 0.2) is 42.9 Å². The summed E-state index contributed by atoms with van der Waals surface area (Å²) in [6.45, 7) is 4.76. The van der Waals surface area contributed by atoms with Crippen LogP contribution in [0.25, 0.3) is 0 Å². The van der Waals surface area contributed by atoms with Crippen molar-refractivity contribution in [3.8, 4) is 0 Å². The molecular formula is C22H29N5O5. The number of carbonyl (C=O) groups is 4. The van der Waals surface area contributed by atoms with Crippen LogP contribution < -0.4 is 16.0 Å². The van der Waals surface area contributed by atoms with E-state index in [1.54, 1.807) is 27.0 Å². The standard InChI is InChI=1S/C22H29N5O5/c1-22(2,3)32-21(31)24-12-19(29)27-18(9-15-7-5-4-6-8-15)20(30)26-17(13-28)10-16-11-23-14-25-16/h4-8,11,13-14,17-18H,9-10,12H2,1-3H3,(H,23,25)(H,24,31)(H,26,30)(H,27,29)/t17-,18-/m0/s1. The molecule has 172 valence electrons.